The Morgan fingerprint density at radius 1 is 1.12 bits per heavy atom. The van der Waals surface area contributed by atoms with Crippen molar-refractivity contribution in [2.75, 3.05) is 14.2 Å². The smallest absolute Gasteiger partial charge is 0.417 e. The summed E-state index contributed by atoms with van der Waals surface area (Å²) in [4.78, 5) is 25.5. The molecule has 24 heavy (non-hydrogen) atoms. The molecule has 0 saturated carbocycles. The number of benzene rings is 1. The monoisotopic (exact) mass is 326 g/mol. The van der Waals surface area contributed by atoms with Crippen molar-refractivity contribution in [1.82, 2.24) is 9.47 Å². The van der Waals surface area contributed by atoms with Crippen LogP contribution in [0.1, 0.15) is 18.2 Å². The lowest BCUT2D eigenvalue weighted by molar-refractivity contribution is -0.133. The minimum atomic E-state index is -0.579. The standard InChI is InChI=1S/C18H18N2O4/c1-4-20-15-8-6-5-7-12(15)13-9-10-19(18(22)24-3)11-14(16(13)20)17(21)23-2/h5-11H,4H2,1-3H3. The summed E-state index contributed by atoms with van der Waals surface area (Å²) in [5, 5.41) is 1.01. The number of carbonyl (C=O) groups is 2. The first-order valence-corrected chi connectivity index (χ1v) is 7.58. The molecule has 6 nitrogen and oxygen atoms in total. The molecule has 0 bridgehead atoms. The Morgan fingerprint density at radius 3 is 2.54 bits per heavy atom. The van der Waals surface area contributed by atoms with Crippen molar-refractivity contribution >= 4 is 34.6 Å². The van der Waals surface area contributed by atoms with Gasteiger partial charge in [-0.2, -0.15) is 0 Å². The average molecular weight is 326 g/mol. The molecule has 124 valence electrons. The summed E-state index contributed by atoms with van der Waals surface area (Å²) in [5.41, 5.74) is 2.93. The highest BCUT2D eigenvalue weighted by atomic mass is 16.5. The van der Waals surface area contributed by atoms with Crippen LogP contribution >= 0.6 is 0 Å². The van der Waals surface area contributed by atoms with Gasteiger partial charge in [0.2, 0.25) is 0 Å². The Labute approximate surface area is 139 Å². The molecule has 0 N–H and O–H groups in total. The summed E-state index contributed by atoms with van der Waals surface area (Å²) in [6, 6.07) is 7.91. The Balaban J connectivity index is 2.33. The number of esters is 1. The molecule has 6 heteroatoms. The number of methoxy groups -OCH3 is 2. The summed E-state index contributed by atoms with van der Waals surface area (Å²) >= 11 is 0. The van der Waals surface area contributed by atoms with Gasteiger partial charge >= 0.3 is 12.1 Å². The predicted molar refractivity (Wildman–Crippen MR) is 90.9 cm³/mol. The number of fused-ring (bicyclic) bond motifs is 3. The fourth-order valence-corrected chi connectivity index (χ4v) is 2.99. The Hall–Kier alpha value is -3.02. The van der Waals surface area contributed by atoms with Crippen molar-refractivity contribution in [2.24, 2.45) is 0 Å². The molecule has 2 aromatic rings. The molecule has 0 unspecified atom stereocenters. The molecule has 0 fully saturated rings. The zero-order chi connectivity index (χ0) is 17.3. The van der Waals surface area contributed by atoms with Crippen LogP contribution in [-0.2, 0) is 20.8 Å². The van der Waals surface area contributed by atoms with E-state index in [2.05, 4.69) is 0 Å². The average Bonchev–Trinajstić information content (AvgIpc) is 2.80. The van der Waals surface area contributed by atoms with Gasteiger partial charge in [0.1, 0.15) is 5.57 Å². The first kappa shape index (κ1) is 15.9. The molecule has 1 amide bonds. The number of para-hydroxylation sites is 1. The summed E-state index contributed by atoms with van der Waals surface area (Å²) in [7, 11) is 2.62. The van der Waals surface area contributed by atoms with Crippen molar-refractivity contribution in [3.8, 4) is 0 Å². The van der Waals surface area contributed by atoms with Gasteiger partial charge in [0, 0.05) is 35.4 Å². The number of ether oxygens (including phenoxy) is 2. The Morgan fingerprint density at radius 2 is 1.88 bits per heavy atom. The third-order valence-electron chi connectivity index (χ3n) is 4.04. The first-order chi connectivity index (χ1) is 11.6. The van der Waals surface area contributed by atoms with E-state index in [-0.39, 0.29) is 0 Å². The van der Waals surface area contributed by atoms with Gasteiger partial charge in [0.15, 0.2) is 0 Å². The molecule has 1 aromatic carbocycles. The van der Waals surface area contributed by atoms with Gasteiger partial charge in [-0.05, 0) is 19.1 Å². The summed E-state index contributed by atoms with van der Waals surface area (Å²) in [6.45, 7) is 2.69. The number of hydrogen-bond acceptors (Lipinski definition) is 4. The van der Waals surface area contributed by atoms with Crippen LogP contribution < -0.4 is 0 Å². The second-order valence-corrected chi connectivity index (χ2v) is 5.25. The molecule has 1 aliphatic heterocycles. The highest BCUT2D eigenvalue weighted by Crippen LogP contribution is 2.34. The Bertz CT molecular complexity index is 877. The van der Waals surface area contributed by atoms with E-state index in [9.17, 15) is 9.59 Å². The Kier molecular flexibility index (Phi) is 4.12. The van der Waals surface area contributed by atoms with Crippen molar-refractivity contribution in [3.63, 3.8) is 0 Å². The van der Waals surface area contributed by atoms with Crippen molar-refractivity contribution in [1.29, 1.82) is 0 Å². The van der Waals surface area contributed by atoms with Crippen molar-refractivity contribution < 1.29 is 19.1 Å². The normalized spacial score (nSPS) is 13.3. The summed E-state index contributed by atoms with van der Waals surface area (Å²) < 4.78 is 11.7. The molecule has 1 aliphatic rings. The minimum absolute atomic E-state index is 0.306. The van der Waals surface area contributed by atoms with Crippen LogP contribution in [0.15, 0.2) is 36.7 Å². The van der Waals surface area contributed by atoms with Crippen LogP contribution in [0, 0.1) is 0 Å². The maximum atomic E-state index is 12.4. The zero-order valence-electron chi connectivity index (χ0n) is 13.8. The largest absolute Gasteiger partial charge is 0.465 e. The van der Waals surface area contributed by atoms with E-state index in [1.807, 2.05) is 41.8 Å². The van der Waals surface area contributed by atoms with Gasteiger partial charge in [-0.3, -0.25) is 4.90 Å². The van der Waals surface area contributed by atoms with E-state index in [1.165, 1.54) is 25.3 Å². The maximum absolute atomic E-state index is 12.4. The lowest BCUT2D eigenvalue weighted by atomic mass is 10.1. The van der Waals surface area contributed by atoms with Crippen LogP contribution in [0.2, 0.25) is 0 Å². The summed E-state index contributed by atoms with van der Waals surface area (Å²) in [6.07, 6.45) is 4.27. The molecule has 2 heterocycles. The van der Waals surface area contributed by atoms with E-state index in [4.69, 9.17) is 9.47 Å². The number of carbonyl (C=O) groups excluding carboxylic acids is 2. The van der Waals surface area contributed by atoms with Crippen molar-refractivity contribution in [2.45, 2.75) is 13.5 Å². The molecule has 0 saturated heterocycles. The molecule has 3 rings (SSSR count). The van der Waals surface area contributed by atoms with Gasteiger partial charge in [-0.1, -0.05) is 18.2 Å². The fourth-order valence-electron chi connectivity index (χ4n) is 2.99. The number of amides is 1. The van der Waals surface area contributed by atoms with Gasteiger partial charge in [-0.15, -0.1) is 0 Å². The highest BCUT2D eigenvalue weighted by Gasteiger charge is 2.27. The van der Waals surface area contributed by atoms with Crippen molar-refractivity contribution in [3.05, 3.63) is 47.9 Å². The number of nitrogens with zero attached hydrogens (tertiary/aromatic N) is 2. The second kappa shape index (κ2) is 6.23. The van der Waals surface area contributed by atoms with E-state index < -0.39 is 12.1 Å². The van der Waals surface area contributed by atoms with Crippen LogP contribution in [-0.4, -0.2) is 35.7 Å². The van der Waals surface area contributed by atoms with Crippen LogP contribution in [0.4, 0.5) is 4.79 Å². The molecule has 0 radical (unpaired) electrons. The van der Waals surface area contributed by atoms with Crippen LogP contribution in [0.5, 0.6) is 0 Å². The topological polar surface area (TPSA) is 60.8 Å². The third-order valence-corrected chi connectivity index (χ3v) is 4.04. The highest BCUT2D eigenvalue weighted by molar-refractivity contribution is 6.19. The number of hydrogen-bond donors (Lipinski definition) is 0. The number of rotatable bonds is 2. The second-order valence-electron chi connectivity index (χ2n) is 5.25. The van der Waals surface area contributed by atoms with Gasteiger partial charge in [0.25, 0.3) is 0 Å². The maximum Gasteiger partial charge on any atom is 0.417 e. The zero-order valence-corrected chi connectivity index (χ0v) is 13.8. The first-order valence-electron chi connectivity index (χ1n) is 7.58. The molecular formula is C18H18N2O4. The molecule has 0 atom stereocenters. The van der Waals surface area contributed by atoms with E-state index in [0.29, 0.717) is 12.1 Å². The fraction of sp³-hybridized carbons (Fsp3) is 0.222. The van der Waals surface area contributed by atoms with E-state index in [0.717, 1.165) is 22.2 Å². The quantitative estimate of drug-likeness (QED) is 0.795. The number of aryl methyl sites for hydroxylation is 1. The van der Waals surface area contributed by atoms with Crippen LogP contribution in [0.3, 0.4) is 0 Å². The SMILES string of the molecule is CCn1c2c(c3ccccc31)C=CN(C(=O)OC)C=C2C(=O)OC. The molecule has 1 aromatic heterocycles. The lowest BCUT2D eigenvalue weighted by Crippen LogP contribution is -2.21. The number of aromatic nitrogens is 1. The minimum Gasteiger partial charge on any atom is -0.465 e. The lowest BCUT2D eigenvalue weighted by Gasteiger charge is -2.14. The van der Waals surface area contributed by atoms with Crippen LogP contribution in [0.25, 0.3) is 22.6 Å². The van der Waals surface area contributed by atoms with Gasteiger partial charge in [-0.25, -0.2) is 9.59 Å². The summed E-state index contributed by atoms with van der Waals surface area (Å²) in [5.74, 6) is -0.508. The van der Waals surface area contributed by atoms with E-state index >= 15 is 0 Å². The molecule has 0 spiro atoms. The molecular weight excluding hydrogens is 308 g/mol. The third kappa shape index (κ3) is 2.36. The predicted octanol–water partition coefficient (Wildman–Crippen LogP) is 3.23. The van der Waals surface area contributed by atoms with Gasteiger partial charge < -0.3 is 14.0 Å². The molecule has 0 aliphatic carbocycles. The van der Waals surface area contributed by atoms with Gasteiger partial charge in [0.05, 0.1) is 19.9 Å². The van der Waals surface area contributed by atoms with E-state index in [1.54, 1.807) is 6.20 Å².